The van der Waals surface area contributed by atoms with Gasteiger partial charge in [-0.3, -0.25) is 4.79 Å². The van der Waals surface area contributed by atoms with Crippen LogP contribution < -0.4 is 5.32 Å². The van der Waals surface area contributed by atoms with E-state index in [1.807, 2.05) is 17.7 Å². The van der Waals surface area contributed by atoms with Crippen molar-refractivity contribution in [3.8, 4) is 0 Å². The molecule has 0 aliphatic carbocycles. The van der Waals surface area contributed by atoms with Crippen LogP contribution in [-0.2, 0) is 0 Å². The van der Waals surface area contributed by atoms with Crippen molar-refractivity contribution in [3.63, 3.8) is 0 Å². The molecule has 0 aliphatic heterocycles. The number of hydrogen-bond acceptors (Lipinski definition) is 2. The maximum absolute atomic E-state index is 12.0. The quantitative estimate of drug-likeness (QED) is 0.847. The lowest BCUT2D eigenvalue weighted by Gasteiger charge is -2.08. The van der Waals surface area contributed by atoms with E-state index < -0.39 is 0 Å². The Kier molecular flexibility index (Phi) is 3.86. The van der Waals surface area contributed by atoms with Gasteiger partial charge in [0.25, 0.3) is 5.91 Å². The van der Waals surface area contributed by atoms with Crippen LogP contribution in [0.1, 0.15) is 15.9 Å². The molecule has 2 aromatic rings. The van der Waals surface area contributed by atoms with Crippen molar-refractivity contribution in [2.75, 3.05) is 5.32 Å². The second-order valence-electron chi connectivity index (χ2n) is 3.52. The first-order valence-electron chi connectivity index (χ1n) is 4.87. The van der Waals surface area contributed by atoms with Gasteiger partial charge in [0, 0.05) is 5.38 Å². The van der Waals surface area contributed by atoms with Crippen LogP contribution in [0.15, 0.2) is 33.4 Å². The minimum atomic E-state index is -0.119. The topological polar surface area (TPSA) is 29.1 Å². The highest BCUT2D eigenvalue weighted by atomic mass is 79.9. The van der Waals surface area contributed by atoms with Gasteiger partial charge in [-0.05, 0) is 45.9 Å². The van der Waals surface area contributed by atoms with E-state index >= 15 is 0 Å². The van der Waals surface area contributed by atoms with Gasteiger partial charge < -0.3 is 5.32 Å². The average molecular weight is 331 g/mol. The van der Waals surface area contributed by atoms with Gasteiger partial charge in [-0.15, -0.1) is 0 Å². The van der Waals surface area contributed by atoms with E-state index in [2.05, 4.69) is 21.2 Å². The number of thiophene rings is 1. The highest BCUT2D eigenvalue weighted by Crippen LogP contribution is 2.30. The van der Waals surface area contributed by atoms with E-state index in [0.717, 1.165) is 5.56 Å². The number of anilines is 1. The molecule has 0 fully saturated rings. The molecule has 0 saturated carbocycles. The first-order valence-corrected chi connectivity index (χ1v) is 6.99. The van der Waals surface area contributed by atoms with Gasteiger partial charge in [-0.2, -0.15) is 11.3 Å². The summed E-state index contributed by atoms with van der Waals surface area (Å²) in [7, 11) is 0. The van der Waals surface area contributed by atoms with Crippen LogP contribution in [0.3, 0.4) is 0 Å². The zero-order valence-electron chi connectivity index (χ0n) is 8.96. The molecule has 0 spiro atoms. The van der Waals surface area contributed by atoms with Gasteiger partial charge in [-0.1, -0.05) is 17.7 Å². The van der Waals surface area contributed by atoms with Gasteiger partial charge in [0.2, 0.25) is 0 Å². The predicted octanol–water partition coefficient (Wildman–Crippen LogP) is 4.72. The predicted molar refractivity (Wildman–Crippen MR) is 76.2 cm³/mol. The fraction of sp³-hybridized carbons (Fsp3) is 0.0833. The SMILES string of the molecule is Cc1cscc1C(=O)Nc1cccc(Cl)c1Br. The van der Waals surface area contributed by atoms with Crippen LogP contribution in [0.25, 0.3) is 0 Å². The second-order valence-corrected chi connectivity index (χ2v) is 5.47. The van der Waals surface area contributed by atoms with E-state index in [-0.39, 0.29) is 5.91 Å². The number of nitrogens with one attached hydrogen (secondary N) is 1. The fourth-order valence-electron chi connectivity index (χ4n) is 1.38. The Balaban J connectivity index is 2.25. The molecule has 2 rings (SSSR count). The molecule has 0 radical (unpaired) electrons. The lowest BCUT2D eigenvalue weighted by molar-refractivity contribution is 0.102. The zero-order chi connectivity index (χ0) is 12.4. The first kappa shape index (κ1) is 12.6. The Morgan fingerprint density at radius 3 is 2.82 bits per heavy atom. The molecule has 1 N–H and O–H groups in total. The first-order chi connectivity index (χ1) is 8.09. The molecular formula is C12H9BrClNOS. The molecular weight excluding hydrogens is 322 g/mol. The molecule has 0 unspecified atom stereocenters. The molecule has 88 valence electrons. The van der Waals surface area contributed by atoms with Gasteiger partial charge in [0.15, 0.2) is 0 Å². The summed E-state index contributed by atoms with van der Waals surface area (Å²) in [4.78, 5) is 12.0. The third-order valence-corrected chi connectivity index (χ3v) is 4.56. The molecule has 1 aromatic heterocycles. The minimum Gasteiger partial charge on any atom is -0.321 e. The van der Waals surface area contributed by atoms with Crippen LogP contribution >= 0.6 is 38.9 Å². The van der Waals surface area contributed by atoms with Crippen LogP contribution in [0.4, 0.5) is 5.69 Å². The smallest absolute Gasteiger partial charge is 0.256 e. The minimum absolute atomic E-state index is 0.119. The van der Waals surface area contributed by atoms with Crippen molar-refractivity contribution in [2.24, 2.45) is 0 Å². The second kappa shape index (κ2) is 5.21. The molecule has 1 amide bonds. The highest BCUT2D eigenvalue weighted by Gasteiger charge is 2.12. The number of halogens is 2. The maximum Gasteiger partial charge on any atom is 0.256 e. The number of hydrogen-bond donors (Lipinski definition) is 1. The van der Waals surface area contributed by atoms with Crippen LogP contribution in [0, 0.1) is 6.92 Å². The number of rotatable bonds is 2. The van der Waals surface area contributed by atoms with Gasteiger partial charge in [0.1, 0.15) is 0 Å². The summed E-state index contributed by atoms with van der Waals surface area (Å²) in [5, 5.41) is 7.19. The monoisotopic (exact) mass is 329 g/mol. The largest absolute Gasteiger partial charge is 0.321 e. The Labute approximate surface area is 117 Å². The summed E-state index contributed by atoms with van der Waals surface area (Å²) in [6.45, 7) is 1.92. The molecule has 0 saturated heterocycles. The van der Waals surface area contributed by atoms with Crippen molar-refractivity contribution < 1.29 is 4.79 Å². The zero-order valence-corrected chi connectivity index (χ0v) is 12.1. The number of aryl methyl sites for hydroxylation is 1. The number of carbonyl (C=O) groups is 1. The lowest BCUT2D eigenvalue weighted by atomic mass is 10.2. The van der Waals surface area contributed by atoms with Gasteiger partial charge in [-0.25, -0.2) is 0 Å². The van der Waals surface area contributed by atoms with Gasteiger partial charge in [0.05, 0.1) is 20.7 Å². The molecule has 1 aromatic carbocycles. The number of carbonyl (C=O) groups excluding carboxylic acids is 1. The Morgan fingerprint density at radius 2 is 2.18 bits per heavy atom. The fourth-order valence-corrected chi connectivity index (χ4v) is 2.75. The average Bonchev–Trinajstić information content (AvgIpc) is 2.71. The van der Waals surface area contributed by atoms with Crippen LogP contribution in [0.5, 0.6) is 0 Å². The third kappa shape index (κ3) is 2.70. The summed E-state index contributed by atoms with van der Waals surface area (Å²) in [6, 6.07) is 5.36. The maximum atomic E-state index is 12.0. The van der Waals surface area contributed by atoms with Gasteiger partial charge >= 0.3 is 0 Å². The van der Waals surface area contributed by atoms with Crippen molar-refractivity contribution in [1.29, 1.82) is 0 Å². The number of benzene rings is 1. The molecule has 0 bridgehead atoms. The van der Waals surface area contributed by atoms with Crippen molar-refractivity contribution in [2.45, 2.75) is 6.92 Å². The lowest BCUT2D eigenvalue weighted by Crippen LogP contribution is -2.12. The van der Waals surface area contributed by atoms with Crippen molar-refractivity contribution >= 4 is 50.5 Å². The van der Waals surface area contributed by atoms with E-state index in [1.165, 1.54) is 11.3 Å². The van der Waals surface area contributed by atoms with Crippen molar-refractivity contribution in [1.82, 2.24) is 0 Å². The molecule has 0 atom stereocenters. The summed E-state index contributed by atoms with van der Waals surface area (Å²) >= 11 is 10.8. The van der Waals surface area contributed by atoms with E-state index in [4.69, 9.17) is 11.6 Å². The van der Waals surface area contributed by atoms with E-state index in [0.29, 0.717) is 20.7 Å². The Hall–Kier alpha value is -0.840. The van der Waals surface area contributed by atoms with Crippen molar-refractivity contribution in [3.05, 3.63) is 49.6 Å². The Morgan fingerprint density at radius 1 is 1.41 bits per heavy atom. The van der Waals surface area contributed by atoms with E-state index in [9.17, 15) is 4.79 Å². The molecule has 2 nitrogen and oxygen atoms in total. The standard InChI is InChI=1S/C12H9BrClNOS/c1-7-5-17-6-8(7)12(16)15-10-4-2-3-9(14)11(10)13/h2-6H,1H3,(H,15,16). The van der Waals surface area contributed by atoms with Crippen LogP contribution in [-0.4, -0.2) is 5.91 Å². The molecule has 0 aliphatic rings. The summed E-state index contributed by atoms with van der Waals surface area (Å²) in [6.07, 6.45) is 0. The number of amides is 1. The highest BCUT2D eigenvalue weighted by molar-refractivity contribution is 9.10. The Bertz CT molecular complexity index is 567. The normalized spacial score (nSPS) is 10.3. The summed E-state index contributed by atoms with van der Waals surface area (Å²) in [5.74, 6) is -0.119. The summed E-state index contributed by atoms with van der Waals surface area (Å²) in [5.41, 5.74) is 2.35. The summed E-state index contributed by atoms with van der Waals surface area (Å²) < 4.78 is 0.697. The third-order valence-electron chi connectivity index (χ3n) is 2.30. The van der Waals surface area contributed by atoms with Crippen LogP contribution in [0.2, 0.25) is 5.02 Å². The molecule has 17 heavy (non-hydrogen) atoms. The molecule has 1 heterocycles. The molecule has 5 heteroatoms. The van der Waals surface area contributed by atoms with E-state index in [1.54, 1.807) is 18.2 Å².